The molecule has 0 saturated carbocycles. The van der Waals surface area contributed by atoms with Gasteiger partial charge in [0.2, 0.25) is 4.84 Å². The molecule has 0 saturated heterocycles. The Hall–Kier alpha value is -1.13. The summed E-state index contributed by atoms with van der Waals surface area (Å²) < 4.78 is 0. The highest BCUT2D eigenvalue weighted by Gasteiger charge is 2.05. The average Bonchev–Trinajstić information content (AvgIpc) is 2.04. The molecule has 1 rings (SSSR count). The summed E-state index contributed by atoms with van der Waals surface area (Å²) in [5.74, 6) is -1.03. The van der Waals surface area contributed by atoms with Crippen LogP contribution in [0.2, 0.25) is 0 Å². The molecule has 0 spiro atoms. The van der Waals surface area contributed by atoms with Crippen LogP contribution >= 0.6 is 23.2 Å². The zero-order chi connectivity index (χ0) is 11.1. The van der Waals surface area contributed by atoms with E-state index in [2.05, 4.69) is 0 Å². The van der Waals surface area contributed by atoms with Gasteiger partial charge in [-0.15, -0.1) is 0 Å². The summed E-state index contributed by atoms with van der Waals surface area (Å²) in [7, 11) is 0. The third-order valence-corrected chi connectivity index (χ3v) is 1.39. The van der Waals surface area contributed by atoms with Gasteiger partial charge in [0.1, 0.15) is 11.5 Å². The van der Waals surface area contributed by atoms with E-state index in [4.69, 9.17) is 38.5 Å². The number of phenolic OH excluding ortho intramolecular Hbond substituents is 2. The summed E-state index contributed by atoms with van der Waals surface area (Å²) in [5.41, 5.74) is 0. The molecule has 0 atom stereocenters. The van der Waals surface area contributed by atoms with Crippen LogP contribution < -0.4 is 0 Å². The van der Waals surface area contributed by atoms with E-state index in [-0.39, 0.29) is 11.5 Å². The second-order valence-electron chi connectivity index (χ2n) is 2.16. The van der Waals surface area contributed by atoms with Crippen molar-refractivity contribution < 1.29 is 20.1 Å². The molecule has 4 nitrogen and oxygen atoms in total. The summed E-state index contributed by atoms with van der Waals surface area (Å²) in [6, 6.07) is 5.85. The highest BCUT2D eigenvalue weighted by atomic mass is 35.5. The maximum atomic E-state index is 9.44. The molecule has 0 unspecified atom stereocenters. The first-order valence-corrected chi connectivity index (χ1v) is 4.29. The third-order valence-electron chi connectivity index (χ3n) is 1.02. The Morgan fingerprint density at radius 2 is 1.57 bits per heavy atom. The Morgan fingerprint density at radius 3 is 1.71 bits per heavy atom. The number of benzene rings is 1. The van der Waals surface area contributed by atoms with Crippen LogP contribution in [0, 0.1) is 0 Å². The highest BCUT2D eigenvalue weighted by molar-refractivity contribution is 6.52. The van der Waals surface area contributed by atoms with Crippen molar-refractivity contribution >= 4 is 29.2 Å². The van der Waals surface area contributed by atoms with Crippen molar-refractivity contribution in [3.05, 3.63) is 24.3 Å². The zero-order valence-corrected chi connectivity index (χ0v) is 8.40. The number of phenols is 2. The van der Waals surface area contributed by atoms with E-state index in [1.54, 1.807) is 6.07 Å². The summed E-state index contributed by atoms with van der Waals surface area (Å²) in [6.07, 6.45) is 0. The highest BCUT2D eigenvalue weighted by Crippen LogP contribution is 2.14. The van der Waals surface area contributed by atoms with Crippen LogP contribution in [0.15, 0.2) is 24.3 Å². The summed E-state index contributed by atoms with van der Waals surface area (Å²) in [6.45, 7) is 0. The van der Waals surface area contributed by atoms with E-state index in [0.29, 0.717) is 0 Å². The lowest BCUT2D eigenvalue weighted by atomic mass is 10.3. The van der Waals surface area contributed by atoms with E-state index in [9.17, 15) is 4.79 Å². The summed E-state index contributed by atoms with van der Waals surface area (Å²) in [4.78, 5) is 8.15. The largest absolute Gasteiger partial charge is 0.508 e. The van der Waals surface area contributed by atoms with Crippen LogP contribution in [0.25, 0.3) is 0 Å². The fourth-order valence-corrected chi connectivity index (χ4v) is 0.493. The molecule has 0 heterocycles. The molecule has 0 aliphatic rings. The fraction of sp³-hybridized carbons (Fsp3) is 0.125. The van der Waals surface area contributed by atoms with Gasteiger partial charge in [0.05, 0.1) is 0 Å². The van der Waals surface area contributed by atoms with E-state index in [0.717, 1.165) is 0 Å². The summed E-state index contributed by atoms with van der Waals surface area (Å²) in [5, 5.41) is 25.0. The number of hydrogen-bond donors (Lipinski definition) is 3. The Morgan fingerprint density at radius 1 is 1.21 bits per heavy atom. The molecule has 14 heavy (non-hydrogen) atoms. The quantitative estimate of drug-likeness (QED) is 0.654. The fourth-order valence-electron chi connectivity index (χ4n) is 0.493. The first-order chi connectivity index (χ1) is 6.43. The number of carbonyl (C=O) groups is 1. The number of carboxylic acid groups (broad SMARTS) is 1. The number of halogens is 2. The second kappa shape index (κ2) is 6.34. The number of carboxylic acids is 1. The Bertz CT molecular complexity index is 284. The first-order valence-electron chi connectivity index (χ1n) is 3.42. The monoisotopic (exact) mass is 238 g/mol. The predicted octanol–water partition coefficient (Wildman–Crippen LogP) is 1.97. The van der Waals surface area contributed by atoms with Gasteiger partial charge < -0.3 is 15.3 Å². The van der Waals surface area contributed by atoms with E-state index in [1.807, 2.05) is 0 Å². The maximum Gasteiger partial charge on any atom is 0.337 e. The molecule has 0 aliphatic carbocycles. The van der Waals surface area contributed by atoms with Gasteiger partial charge in [-0.05, 0) is 12.1 Å². The standard InChI is InChI=1S/C6H6O2.C2H2Cl2O2/c7-5-2-1-3-6(8)4-5;3-1(4)2(5)6/h1-4,7-8H;1H,(H,5,6). The topological polar surface area (TPSA) is 77.8 Å². The number of aromatic hydroxyl groups is 2. The minimum Gasteiger partial charge on any atom is -0.508 e. The molecule has 0 radical (unpaired) electrons. The molecule has 0 fully saturated rings. The predicted molar refractivity (Wildman–Crippen MR) is 52.9 cm³/mol. The van der Waals surface area contributed by atoms with Crippen molar-refractivity contribution in [3.8, 4) is 11.5 Å². The smallest absolute Gasteiger partial charge is 0.337 e. The van der Waals surface area contributed by atoms with Gasteiger partial charge in [-0.25, -0.2) is 4.79 Å². The van der Waals surface area contributed by atoms with Crippen molar-refractivity contribution in [1.82, 2.24) is 0 Å². The van der Waals surface area contributed by atoms with Crippen LogP contribution in [0.4, 0.5) is 0 Å². The van der Waals surface area contributed by atoms with Crippen molar-refractivity contribution in [3.63, 3.8) is 0 Å². The van der Waals surface area contributed by atoms with Gasteiger partial charge >= 0.3 is 5.97 Å². The minimum absolute atomic E-state index is 0.0880. The van der Waals surface area contributed by atoms with E-state index < -0.39 is 10.8 Å². The van der Waals surface area contributed by atoms with E-state index in [1.165, 1.54) is 18.2 Å². The number of aliphatic carboxylic acids is 1. The number of rotatable bonds is 1. The molecule has 0 amide bonds. The lowest BCUT2D eigenvalue weighted by Gasteiger charge is -1.89. The molecule has 1 aromatic rings. The second-order valence-corrected chi connectivity index (χ2v) is 3.26. The number of hydrogen-bond acceptors (Lipinski definition) is 3. The SMILES string of the molecule is O=C(O)C(Cl)Cl.Oc1cccc(O)c1. The normalized spacial score (nSPS) is 9.07. The van der Waals surface area contributed by atoms with Crippen LogP contribution in [0.1, 0.15) is 0 Å². The van der Waals surface area contributed by atoms with Gasteiger partial charge in [-0.2, -0.15) is 0 Å². The molecular weight excluding hydrogens is 231 g/mol. The molecule has 0 aromatic heterocycles. The lowest BCUT2D eigenvalue weighted by molar-refractivity contribution is -0.135. The van der Waals surface area contributed by atoms with E-state index >= 15 is 0 Å². The molecule has 78 valence electrons. The van der Waals surface area contributed by atoms with Gasteiger partial charge in [-0.3, -0.25) is 0 Å². The maximum absolute atomic E-state index is 9.44. The van der Waals surface area contributed by atoms with Gasteiger partial charge in [-0.1, -0.05) is 29.3 Å². The van der Waals surface area contributed by atoms with Crippen LogP contribution in [-0.2, 0) is 4.79 Å². The molecule has 1 aromatic carbocycles. The Balaban J connectivity index is 0.000000255. The van der Waals surface area contributed by atoms with Crippen LogP contribution in [0.5, 0.6) is 11.5 Å². The van der Waals surface area contributed by atoms with Crippen molar-refractivity contribution in [2.24, 2.45) is 0 Å². The van der Waals surface area contributed by atoms with Gasteiger partial charge in [0.25, 0.3) is 0 Å². The summed E-state index contributed by atoms with van der Waals surface area (Å²) >= 11 is 9.56. The molecule has 6 heteroatoms. The van der Waals surface area contributed by atoms with Gasteiger partial charge in [0.15, 0.2) is 0 Å². The van der Waals surface area contributed by atoms with Crippen molar-refractivity contribution in [2.45, 2.75) is 4.84 Å². The Labute approximate surface area is 90.3 Å². The van der Waals surface area contributed by atoms with Crippen molar-refractivity contribution in [1.29, 1.82) is 0 Å². The van der Waals surface area contributed by atoms with Gasteiger partial charge in [0, 0.05) is 6.07 Å². The van der Waals surface area contributed by atoms with Crippen LogP contribution in [0.3, 0.4) is 0 Å². The molecular formula is C8H8Cl2O4. The lowest BCUT2D eigenvalue weighted by Crippen LogP contribution is -2.03. The van der Waals surface area contributed by atoms with Crippen LogP contribution in [-0.4, -0.2) is 26.1 Å². The zero-order valence-electron chi connectivity index (χ0n) is 6.89. The molecule has 0 aliphatic heterocycles. The Kier molecular flexibility index (Phi) is 5.83. The van der Waals surface area contributed by atoms with Crippen molar-refractivity contribution in [2.75, 3.05) is 0 Å². The number of alkyl halides is 2. The third kappa shape index (κ3) is 6.39. The minimum atomic E-state index is -1.29. The molecule has 0 bridgehead atoms. The first kappa shape index (κ1) is 12.9. The molecule has 3 N–H and O–H groups in total. The average molecular weight is 239 g/mol.